The first kappa shape index (κ1) is 9.33. The first-order chi connectivity index (χ1) is 5.74. The second-order valence-corrected chi connectivity index (χ2v) is 3.53. The Morgan fingerprint density at radius 1 is 1.50 bits per heavy atom. The third-order valence-electron chi connectivity index (χ3n) is 2.00. The summed E-state index contributed by atoms with van der Waals surface area (Å²) in [6.07, 6.45) is 4.68. The van der Waals surface area contributed by atoms with Crippen LogP contribution in [0.2, 0.25) is 0 Å². The van der Waals surface area contributed by atoms with Crippen LogP contribution in [0.25, 0.3) is 0 Å². The van der Waals surface area contributed by atoms with Crippen molar-refractivity contribution in [1.29, 1.82) is 0 Å². The number of hydrogen-bond donors (Lipinski definition) is 1. The molecule has 0 aliphatic rings. The molecule has 1 aromatic rings. The predicted octanol–water partition coefficient (Wildman–Crippen LogP) is 2.59. The lowest BCUT2D eigenvalue weighted by molar-refractivity contribution is 0.451. The second kappa shape index (κ2) is 4.31. The molecule has 12 heavy (non-hydrogen) atoms. The van der Waals surface area contributed by atoms with Crippen molar-refractivity contribution in [2.24, 2.45) is 5.92 Å². The molecule has 0 fully saturated rings. The van der Waals surface area contributed by atoms with Gasteiger partial charge in [-0.25, -0.2) is 0 Å². The summed E-state index contributed by atoms with van der Waals surface area (Å²) in [6, 6.07) is 2.45. The van der Waals surface area contributed by atoms with E-state index >= 15 is 0 Å². The highest BCUT2D eigenvalue weighted by Gasteiger charge is 2.11. The van der Waals surface area contributed by atoms with Crippen LogP contribution >= 0.6 is 0 Å². The fraction of sp³-hybridized carbons (Fsp3) is 0.600. The summed E-state index contributed by atoms with van der Waals surface area (Å²) in [7, 11) is 1.99. The SMILES string of the molecule is CNC(CC(C)C)c1ccoc1. The minimum absolute atomic E-state index is 0.434. The molecule has 0 saturated heterocycles. The molecule has 0 spiro atoms. The zero-order valence-electron chi connectivity index (χ0n) is 8.00. The molecule has 0 amide bonds. The molecule has 0 bridgehead atoms. The van der Waals surface area contributed by atoms with Gasteiger partial charge < -0.3 is 9.73 Å². The molecule has 0 saturated carbocycles. The second-order valence-electron chi connectivity index (χ2n) is 3.53. The number of furan rings is 1. The normalized spacial score (nSPS) is 13.7. The lowest BCUT2D eigenvalue weighted by Crippen LogP contribution is -2.17. The van der Waals surface area contributed by atoms with E-state index in [9.17, 15) is 0 Å². The summed E-state index contributed by atoms with van der Waals surface area (Å²) in [5.41, 5.74) is 1.24. The van der Waals surface area contributed by atoms with Gasteiger partial charge in [-0.05, 0) is 25.5 Å². The van der Waals surface area contributed by atoms with Crippen LogP contribution in [-0.2, 0) is 0 Å². The first-order valence-corrected chi connectivity index (χ1v) is 4.43. The van der Waals surface area contributed by atoms with Crippen molar-refractivity contribution >= 4 is 0 Å². The van der Waals surface area contributed by atoms with Gasteiger partial charge in [-0.2, -0.15) is 0 Å². The average molecular weight is 167 g/mol. The van der Waals surface area contributed by atoms with Gasteiger partial charge >= 0.3 is 0 Å². The van der Waals surface area contributed by atoms with E-state index in [1.807, 2.05) is 19.4 Å². The summed E-state index contributed by atoms with van der Waals surface area (Å²) in [5.74, 6) is 0.706. The van der Waals surface area contributed by atoms with Crippen molar-refractivity contribution in [1.82, 2.24) is 5.32 Å². The van der Waals surface area contributed by atoms with Gasteiger partial charge in [-0.15, -0.1) is 0 Å². The van der Waals surface area contributed by atoms with Crippen molar-refractivity contribution in [3.63, 3.8) is 0 Å². The maximum atomic E-state index is 5.04. The van der Waals surface area contributed by atoms with Gasteiger partial charge in [0, 0.05) is 11.6 Å². The van der Waals surface area contributed by atoms with Gasteiger partial charge in [0.2, 0.25) is 0 Å². The molecule has 1 heterocycles. The van der Waals surface area contributed by atoms with E-state index in [1.165, 1.54) is 5.56 Å². The maximum Gasteiger partial charge on any atom is 0.0950 e. The summed E-state index contributed by atoms with van der Waals surface area (Å²) in [4.78, 5) is 0. The highest BCUT2D eigenvalue weighted by atomic mass is 16.3. The van der Waals surface area contributed by atoms with E-state index < -0.39 is 0 Å². The van der Waals surface area contributed by atoms with Crippen molar-refractivity contribution < 1.29 is 4.42 Å². The van der Waals surface area contributed by atoms with Crippen LogP contribution in [0.4, 0.5) is 0 Å². The third-order valence-corrected chi connectivity index (χ3v) is 2.00. The van der Waals surface area contributed by atoms with Crippen LogP contribution in [0.1, 0.15) is 31.9 Å². The number of hydrogen-bond acceptors (Lipinski definition) is 2. The van der Waals surface area contributed by atoms with Gasteiger partial charge in [0.25, 0.3) is 0 Å². The number of rotatable bonds is 4. The van der Waals surface area contributed by atoms with E-state index in [1.54, 1.807) is 6.26 Å². The Morgan fingerprint density at radius 3 is 2.67 bits per heavy atom. The average Bonchev–Trinajstić information content (AvgIpc) is 2.51. The molecule has 0 aliphatic heterocycles. The molecule has 2 nitrogen and oxygen atoms in total. The van der Waals surface area contributed by atoms with E-state index in [2.05, 4.69) is 19.2 Å². The van der Waals surface area contributed by atoms with Gasteiger partial charge in [-0.1, -0.05) is 13.8 Å². The lowest BCUT2D eigenvalue weighted by Gasteiger charge is -2.16. The van der Waals surface area contributed by atoms with Crippen molar-refractivity contribution in [2.75, 3.05) is 7.05 Å². The van der Waals surface area contributed by atoms with Crippen LogP contribution in [0, 0.1) is 5.92 Å². The maximum absolute atomic E-state index is 5.04. The van der Waals surface area contributed by atoms with Crippen LogP contribution in [0.5, 0.6) is 0 Å². The Hall–Kier alpha value is -0.760. The van der Waals surface area contributed by atoms with E-state index in [4.69, 9.17) is 4.42 Å². The van der Waals surface area contributed by atoms with Crippen molar-refractivity contribution in [3.05, 3.63) is 24.2 Å². The highest BCUT2D eigenvalue weighted by molar-refractivity contribution is 5.11. The molecule has 0 aromatic carbocycles. The molecule has 1 unspecified atom stereocenters. The van der Waals surface area contributed by atoms with Gasteiger partial charge in [0.05, 0.1) is 12.5 Å². The Labute approximate surface area is 74.0 Å². The molecule has 1 rings (SSSR count). The first-order valence-electron chi connectivity index (χ1n) is 4.43. The van der Waals surface area contributed by atoms with Crippen molar-refractivity contribution in [3.8, 4) is 0 Å². The minimum Gasteiger partial charge on any atom is -0.472 e. The molecule has 68 valence electrons. The van der Waals surface area contributed by atoms with Gasteiger partial charge in [-0.3, -0.25) is 0 Å². The topological polar surface area (TPSA) is 25.2 Å². The largest absolute Gasteiger partial charge is 0.472 e. The third kappa shape index (κ3) is 2.38. The van der Waals surface area contributed by atoms with Gasteiger partial charge in [0.15, 0.2) is 0 Å². The van der Waals surface area contributed by atoms with Crippen LogP contribution < -0.4 is 5.32 Å². The summed E-state index contributed by atoms with van der Waals surface area (Å²) < 4.78 is 5.04. The zero-order chi connectivity index (χ0) is 8.97. The van der Waals surface area contributed by atoms with Crippen molar-refractivity contribution in [2.45, 2.75) is 26.3 Å². The Balaban J connectivity index is 2.57. The summed E-state index contributed by atoms with van der Waals surface area (Å²) >= 11 is 0. The smallest absolute Gasteiger partial charge is 0.0950 e. The zero-order valence-corrected chi connectivity index (χ0v) is 8.00. The Bertz CT molecular complexity index is 204. The monoisotopic (exact) mass is 167 g/mol. The quantitative estimate of drug-likeness (QED) is 0.745. The summed E-state index contributed by atoms with van der Waals surface area (Å²) in [6.45, 7) is 4.45. The Morgan fingerprint density at radius 2 is 2.25 bits per heavy atom. The molecule has 0 radical (unpaired) electrons. The highest BCUT2D eigenvalue weighted by Crippen LogP contribution is 2.20. The van der Waals surface area contributed by atoms with E-state index in [0.29, 0.717) is 12.0 Å². The molecular formula is C10H17NO. The van der Waals surface area contributed by atoms with E-state index in [0.717, 1.165) is 6.42 Å². The van der Waals surface area contributed by atoms with Crippen LogP contribution in [-0.4, -0.2) is 7.05 Å². The van der Waals surface area contributed by atoms with Crippen LogP contribution in [0.15, 0.2) is 23.0 Å². The fourth-order valence-electron chi connectivity index (χ4n) is 1.37. The fourth-order valence-corrected chi connectivity index (χ4v) is 1.37. The standard InChI is InChI=1S/C10H17NO/c1-8(2)6-10(11-3)9-4-5-12-7-9/h4-5,7-8,10-11H,6H2,1-3H3. The molecule has 1 N–H and O–H groups in total. The summed E-state index contributed by atoms with van der Waals surface area (Å²) in [5, 5.41) is 3.28. The molecule has 1 aromatic heterocycles. The van der Waals surface area contributed by atoms with Crippen LogP contribution in [0.3, 0.4) is 0 Å². The van der Waals surface area contributed by atoms with E-state index in [-0.39, 0.29) is 0 Å². The minimum atomic E-state index is 0.434. The van der Waals surface area contributed by atoms with Gasteiger partial charge in [0.1, 0.15) is 0 Å². The Kier molecular flexibility index (Phi) is 3.35. The molecule has 0 aliphatic carbocycles. The number of nitrogens with one attached hydrogen (secondary N) is 1. The molecular weight excluding hydrogens is 150 g/mol. The molecule has 2 heteroatoms. The lowest BCUT2D eigenvalue weighted by atomic mass is 9.99. The predicted molar refractivity (Wildman–Crippen MR) is 50.0 cm³/mol. The molecule has 1 atom stereocenters.